The Hall–Kier alpha value is -3.56. The van der Waals surface area contributed by atoms with E-state index in [1.54, 1.807) is 24.3 Å². The van der Waals surface area contributed by atoms with Crippen LogP contribution in [-0.4, -0.2) is 28.4 Å². The minimum atomic E-state index is -0.0557. The van der Waals surface area contributed by atoms with Crippen LogP contribution in [0.3, 0.4) is 0 Å². The fraction of sp³-hybridized carbons (Fsp3) is 0.143. The molecule has 6 nitrogen and oxygen atoms in total. The highest BCUT2D eigenvalue weighted by Gasteiger charge is 2.27. The minimum Gasteiger partial charge on any atom is -0.508 e. The van der Waals surface area contributed by atoms with E-state index >= 15 is 0 Å². The SMILES string of the molecule is N#Cc1c(N)nc2c(c1-c1ccc(OCCO)cc1)Cc1cc(O)ccc1-2. The first-order valence-electron chi connectivity index (χ1n) is 8.51. The number of phenolic OH excluding ortho intramolecular Hbond substituents is 1. The van der Waals surface area contributed by atoms with E-state index in [4.69, 9.17) is 15.6 Å². The second-order valence-corrected chi connectivity index (χ2v) is 6.30. The molecule has 0 spiro atoms. The van der Waals surface area contributed by atoms with Crippen LogP contribution in [0.25, 0.3) is 22.4 Å². The smallest absolute Gasteiger partial charge is 0.142 e. The Morgan fingerprint density at radius 3 is 2.67 bits per heavy atom. The van der Waals surface area contributed by atoms with Crippen LogP contribution in [-0.2, 0) is 6.42 Å². The zero-order chi connectivity index (χ0) is 19.0. The van der Waals surface area contributed by atoms with Gasteiger partial charge in [0.2, 0.25) is 0 Å². The molecule has 4 N–H and O–H groups in total. The van der Waals surface area contributed by atoms with Crippen molar-refractivity contribution in [2.24, 2.45) is 0 Å². The number of aromatic nitrogens is 1. The largest absolute Gasteiger partial charge is 0.508 e. The van der Waals surface area contributed by atoms with Gasteiger partial charge in [-0.05, 0) is 47.0 Å². The minimum absolute atomic E-state index is 0.0557. The molecule has 1 heterocycles. The number of rotatable bonds is 4. The molecule has 0 radical (unpaired) electrons. The lowest BCUT2D eigenvalue weighted by Crippen LogP contribution is -2.03. The zero-order valence-corrected chi connectivity index (χ0v) is 14.4. The maximum atomic E-state index is 9.79. The number of nitrogens with two attached hydrogens (primary N) is 1. The fourth-order valence-electron chi connectivity index (χ4n) is 3.50. The van der Waals surface area contributed by atoms with E-state index in [1.165, 1.54) is 0 Å². The number of anilines is 1. The maximum Gasteiger partial charge on any atom is 0.142 e. The third kappa shape index (κ3) is 2.84. The van der Waals surface area contributed by atoms with E-state index < -0.39 is 0 Å². The summed E-state index contributed by atoms with van der Waals surface area (Å²) in [6.45, 7) is 0.166. The van der Waals surface area contributed by atoms with Crippen LogP contribution in [0.5, 0.6) is 11.5 Å². The Kier molecular flexibility index (Phi) is 4.15. The lowest BCUT2D eigenvalue weighted by Gasteiger charge is -2.13. The number of fused-ring (bicyclic) bond motifs is 3. The Balaban J connectivity index is 1.86. The number of ether oxygens (including phenoxy) is 1. The number of aliphatic hydroxyl groups excluding tert-OH is 1. The first kappa shape index (κ1) is 16.9. The van der Waals surface area contributed by atoms with Gasteiger partial charge >= 0.3 is 0 Å². The highest BCUT2D eigenvalue weighted by atomic mass is 16.5. The Bertz CT molecular complexity index is 1070. The molecule has 0 bridgehead atoms. The van der Waals surface area contributed by atoms with Gasteiger partial charge in [0, 0.05) is 17.5 Å². The predicted molar refractivity (Wildman–Crippen MR) is 101 cm³/mol. The van der Waals surface area contributed by atoms with Crippen LogP contribution in [0, 0.1) is 11.3 Å². The van der Waals surface area contributed by atoms with Crippen LogP contribution >= 0.6 is 0 Å². The summed E-state index contributed by atoms with van der Waals surface area (Å²) in [4.78, 5) is 4.46. The molecule has 134 valence electrons. The van der Waals surface area contributed by atoms with Crippen molar-refractivity contribution in [1.29, 1.82) is 5.26 Å². The highest BCUT2D eigenvalue weighted by Crippen LogP contribution is 2.44. The van der Waals surface area contributed by atoms with E-state index in [9.17, 15) is 10.4 Å². The number of phenols is 1. The van der Waals surface area contributed by atoms with Gasteiger partial charge in [-0.25, -0.2) is 4.98 Å². The number of benzene rings is 2. The van der Waals surface area contributed by atoms with Crippen molar-refractivity contribution < 1.29 is 14.9 Å². The van der Waals surface area contributed by atoms with Gasteiger partial charge < -0.3 is 20.7 Å². The van der Waals surface area contributed by atoms with Gasteiger partial charge in [0.15, 0.2) is 0 Å². The Morgan fingerprint density at radius 1 is 1.19 bits per heavy atom. The summed E-state index contributed by atoms with van der Waals surface area (Å²) in [5.41, 5.74) is 11.6. The molecule has 4 rings (SSSR count). The zero-order valence-electron chi connectivity index (χ0n) is 14.4. The van der Waals surface area contributed by atoms with Crippen LogP contribution in [0.2, 0.25) is 0 Å². The lowest BCUT2D eigenvalue weighted by atomic mass is 9.94. The van der Waals surface area contributed by atoms with Crippen molar-refractivity contribution in [2.45, 2.75) is 6.42 Å². The maximum absolute atomic E-state index is 9.79. The molecule has 0 aliphatic heterocycles. The van der Waals surface area contributed by atoms with Crippen molar-refractivity contribution in [3.63, 3.8) is 0 Å². The third-order valence-corrected chi connectivity index (χ3v) is 4.65. The molecule has 0 unspecified atom stereocenters. The Labute approximate surface area is 156 Å². The molecule has 3 aromatic rings. The van der Waals surface area contributed by atoms with E-state index in [2.05, 4.69) is 11.1 Å². The molecular weight excluding hydrogens is 342 g/mol. The second kappa shape index (κ2) is 6.63. The first-order valence-corrected chi connectivity index (χ1v) is 8.51. The fourth-order valence-corrected chi connectivity index (χ4v) is 3.50. The first-order chi connectivity index (χ1) is 13.1. The molecule has 2 aromatic carbocycles. The second-order valence-electron chi connectivity index (χ2n) is 6.30. The molecule has 0 saturated heterocycles. The monoisotopic (exact) mass is 359 g/mol. The van der Waals surface area contributed by atoms with Crippen LogP contribution in [0.1, 0.15) is 16.7 Å². The average molecular weight is 359 g/mol. The van der Waals surface area contributed by atoms with Gasteiger partial charge in [0.05, 0.1) is 12.3 Å². The van der Waals surface area contributed by atoms with Crippen molar-refractivity contribution >= 4 is 5.82 Å². The predicted octanol–water partition coefficient (Wildman–Crippen LogP) is 2.85. The molecule has 1 aliphatic carbocycles. The molecule has 0 amide bonds. The summed E-state index contributed by atoms with van der Waals surface area (Å²) in [6.07, 6.45) is 0.569. The number of nitrogens with zero attached hydrogens (tertiary/aromatic N) is 2. The number of nitrogen functional groups attached to an aromatic ring is 1. The van der Waals surface area contributed by atoms with Crippen LogP contribution < -0.4 is 10.5 Å². The number of nitriles is 1. The lowest BCUT2D eigenvalue weighted by molar-refractivity contribution is 0.201. The third-order valence-electron chi connectivity index (χ3n) is 4.65. The van der Waals surface area contributed by atoms with Gasteiger partial charge in [0.25, 0.3) is 0 Å². The van der Waals surface area contributed by atoms with Crippen molar-refractivity contribution in [3.05, 3.63) is 59.2 Å². The number of hydrogen-bond donors (Lipinski definition) is 3. The van der Waals surface area contributed by atoms with Gasteiger partial charge in [-0.15, -0.1) is 0 Å². The molecule has 6 heteroatoms. The number of aromatic hydroxyl groups is 1. The van der Waals surface area contributed by atoms with Crippen LogP contribution in [0.4, 0.5) is 5.82 Å². The summed E-state index contributed by atoms with van der Waals surface area (Å²) >= 11 is 0. The van der Waals surface area contributed by atoms with Crippen molar-refractivity contribution in [2.75, 3.05) is 18.9 Å². The molecule has 0 saturated carbocycles. The topological polar surface area (TPSA) is 112 Å². The molecule has 0 fully saturated rings. The average Bonchev–Trinajstić information content (AvgIpc) is 3.02. The van der Waals surface area contributed by atoms with Crippen molar-refractivity contribution in [1.82, 2.24) is 4.98 Å². The molecule has 0 atom stereocenters. The summed E-state index contributed by atoms with van der Waals surface area (Å²) in [7, 11) is 0. The highest BCUT2D eigenvalue weighted by molar-refractivity contribution is 5.88. The number of aliphatic hydroxyl groups is 1. The van der Waals surface area contributed by atoms with Gasteiger partial charge in [-0.2, -0.15) is 5.26 Å². The quantitative estimate of drug-likeness (QED) is 0.516. The molecule has 1 aromatic heterocycles. The van der Waals surface area contributed by atoms with E-state index in [1.807, 2.05) is 18.2 Å². The van der Waals surface area contributed by atoms with Gasteiger partial charge in [-0.3, -0.25) is 0 Å². The van der Waals surface area contributed by atoms with Gasteiger partial charge in [0.1, 0.15) is 35.6 Å². The summed E-state index contributed by atoms with van der Waals surface area (Å²) in [6, 6.07) is 14.7. The summed E-state index contributed by atoms with van der Waals surface area (Å²) in [5.74, 6) is 1.02. The summed E-state index contributed by atoms with van der Waals surface area (Å²) in [5, 5.41) is 28.3. The van der Waals surface area contributed by atoms with Crippen LogP contribution in [0.15, 0.2) is 42.5 Å². The van der Waals surface area contributed by atoms with E-state index in [0.717, 1.165) is 33.5 Å². The summed E-state index contributed by atoms with van der Waals surface area (Å²) < 4.78 is 5.40. The van der Waals surface area contributed by atoms with Gasteiger partial charge in [-0.1, -0.05) is 12.1 Å². The number of hydrogen-bond acceptors (Lipinski definition) is 6. The number of pyridine rings is 1. The molecule has 1 aliphatic rings. The van der Waals surface area contributed by atoms with E-state index in [0.29, 0.717) is 17.7 Å². The molecular formula is C21H17N3O3. The normalized spacial score (nSPS) is 11.6. The standard InChI is InChI=1S/C21H17N3O3/c22-11-18-19(12-1-4-15(5-2-12)27-8-7-25)17-10-13-9-14(26)3-6-16(13)20(17)24-21(18)23/h1-6,9,25-26H,7-8,10H2,(H2,23,24). The Morgan fingerprint density at radius 2 is 1.96 bits per heavy atom. The molecule has 27 heavy (non-hydrogen) atoms. The van der Waals surface area contributed by atoms with Crippen molar-refractivity contribution in [3.8, 4) is 40.0 Å². The van der Waals surface area contributed by atoms with E-state index in [-0.39, 0.29) is 24.8 Å².